The van der Waals surface area contributed by atoms with Crippen LogP contribution in [0.2, 0.25) is 0 Å². The average Bonchev–Trinajstić information content (AvgIpc) is 3.31. The Hall–Kier alpha value is -1.78. The second kappa shape index (κ2) is 6.85. The standard InChI is InChI=1S/C15H20N4O5S/c20-11(16-13-18-17-12(25-13)10-2-1-7-22-10)8-19-5-3-15(4-6-19)9-23-14(21)24-15/h10H,1-9H2,(H,16,18,20). The molecular weight excluding hydrogens is 348 g/mol. The molecule has 9 nitrogen and oxygen atoms in total. The number of nitrogens with one attached hydrogen (secondary N) is 1. The van der Waals surface area contributed by atoms with E-state index in [-0.39, 0.29) is 18.6 Å². The lowest BCUT2D eigenvalue weighted by molar-refractivity contribution is -0.118. The van der Waals surface area contributed by atoms with Gasteiger partial charge >= 0.3 is 6.16 Å². The fourth-order valence-electron chi connectivity index (χ4n) is 3.34. The largest absolute Gasteiger partial charge is 0.509 e. The van der Waals surface area contributed by atoms with Crippen molar-refractivity contribution in [3.63, 3.8) is 0 Å². The normalized spacial score (nSPS) is 25.8. The molecule has 0 aliphatic carbocycles. The molecule has 0 saturated carbocycles. The molecule has 3 fully saturated rings. The Kier molecular flexibility index (Phi) is 4.57. The summed E-state index contributed by atoms with van der Waals surface area (Å²) in [5.41, 5.74) is -0.501. The van der Waals surface area contributed by atoms with Gasteiger partial charge in [0.2, 0.25) is 11.0 Å². The van der Waals surface area contributed by atoms with Crippen LogP contribution in [0.5, 0.6) is 0 Å². The molecular formula is C15H20N4O5S. The van der Waals surface area contributed by atoms with Crippen LogP contribution in [0, 0.1) is 0 Å². The summed E-state index contributed by atoms with van der Waals surface area (Å²) in [5, 5.41) is 12.2. The molecule has 1 amide bonds. The summed E-state index contributed by atoms with van der Waals surface area (Å²) in [5.74, 6) is -0.120. The van der Waals surface area contributed by atoms with Gasteiger partial charge in [0, 0.05) is 32.5 Å². The summed E-state index contributed by atoms with van der Waals surface area (Å²) in [6.45, 7) is 2.70. The van der Waals surface area contributed by atoms with E-state index < -0.39 is 11.8 Å². The van der Waals surface area contributed by atoms with Crippen molar-refractivity contribution in [1.29, 1.82) is 0 Å². The molecule has 3 aliphatic heterocycles. The van der Waals surface area contributed by atoms with Gasteiger partial charge in [-0.1, -0.05) is 11.3 Å². The van der Waals surface area contributed by atoms with E-state index in [2.05, 4.69) is 15.5 Å². The zero-order valence-corrected chi connectivity index (χ0v) is 14.5. The van der Waals surface area contributed by atoms with E-state index in [0.29, 0.717) is 37.7 Å². The maximum Gasteiger partial charge on any atom is 0.509 e. The van der Waals surface area contributed by atoms with Gasteiger partial charge in [0.25, 0.3) is 0 Å². The van der Waals surface area contributed by atoms with Crippen molar-refractivity contribution in [2.24, 2.45) is 0 Å². The van der Waals surface area contributed by atoms with Crippen molar-refractivity contribution in [1.82, 2.24) is 15.1 Å². The summed E-state index contributed by atoms with van der Waals surface area (Å²) >= 11 is 1.36. The number of hydrogen-bond donors (Lipinski definition) is 1. The number of cyclic esters (lactones) is 1. The topological polar surface area (TPSA) is 103 Å². The lowest BCUT2D eigenvalue weighted by Gasteiger charge is -2.35. The number of amides is 1. The molecule has 4 heterocycles. The molecule has 136 valence electrons. The van der Waals surface area contributed by atoms with Gasteiger partial charge in [-0.15, -0.1) is 10.2 Å². The number of piperidine rings is 1. The second-order valence-corrected chi connectivity index (χ2v) is 7.60. The molecule has 1 aromatic heterocycles. The zero-order chi connectivity index (χ0) is 17.3. The van der Waals surface area contributed by atoms with Crippen LogP contribution in [0.1, 0.15) is 36.8 Å². The molecule has 1 unspecified atom stereocenters. The third-order valence-corrected chi connectivity index (χ3v) is 5.71. The van der Waals surface area contributed by atoms with Crippen molar-refractivity contribution in [2.75, 3.05) is 38.2 Å². The van der Waals surface area contributed by atoms with Crippen molar-refractivity contribution in [3.8, 4) is 0 Å². The Morgan fingerprint density at radius 3 is 2.88 bits per heavy atom. The third-order valence-electron chi connectivity index (χ3n) is 4.78. The monoisotopic (exact) mass is 368 g/mol. The van der Waals surface area contributed by atoms with E-state index in [9.17, 15) is 9.59 Å². The highest BCUT2D eigenvalue weighted by Crippen LogP contribution is 2.33. The highest BCUT2D eigenvalue weighted by molar-refractivity contribution is 7.15. The maximum atomic E-state index is 12.2. The van der Waals surface area contributed by atoms with Crippen LogP contribution in [0.15, 0.2) is 0 Å². The molecule has 1 N–H and O–H groups in total. The van der Waals surface area contributed by atoms with Gasteiger partial charge in [0.1, 0.15) is 17.7 Å². The van der Waals surface area contributed by atoms with Crippen LogP contribution in [0.25, 0.3) is 0 Å². The Balaban J connectivity index is 1.25. The Bertz CT molecular complexity index is 652. The minimum atomic E-state index is -0.593. The van der Waals surface area contributed by atoms with E-state index in [1.807, 2.05) is 4.90 Å². The first kappa shape index (κ1) is 16.7. The number of ether oxygens (including phenoxy) is 3. The molecule has 25 heavy (non-hydrogen) atoms. The number of anilines is 1. The van der Waals surface area contributed by atoms with Crippen LogP contribution >= 0.6 is 11.3 Å². The lowest BCUT2D eigenvalue weighted by atomic mass is 9.92. The summed E-state index contributed by atoms with van der Waals surface area (Å²) < 4.78 is 15.7. The number of carbonyl (C=O) groups excluding carboxylic acids is 2. The molecule has 1 atom stereocenters. The number of carbonyl (C=O) groups is 2. The smallest absolute Gasteiger partial charge is 0.430 e. The second-order valence-electron chi connectivity index (χ2n) is 6.60. The van der Waals surface area contributed by atoms with Gasteiger partial charge < -0.3 is 14.2 Å². The summed E-state index contributed by atoms with van der Waals surface area (Å²) in [7, 11) is 0. The van der Waals surface area contributed by atoms with Gasteiger partial charge in [0.15, 0.2) is 5.60 Å². The average molecular weight is 368 g/mol. The summed E-state index contributed by atoms with van der Waals surface area (Å²) in [6, 6.07) is 0. The lowest BCUT2D eigenvalue weighted by Crippen LogP contribution is -2.48. The van der Waals surface area contributed by atoms with Crippen molar-refractivity contribution < 1.29 is 23.8 Å². The minimum absolute atomic E-state index is 0.0118. The third kappa shape index (κ3) is 3.75. The molecule has 1 spiro atoms. The maximum absolute atomic E-state index is 12.2. The Morgan fingerprint density at radius 1 is 1.36 bits per heavy atom. The van der Waals surface area contributed by atoms with Crippen LogP contribution in [0.4, 0.5) is 9.93 Å². The Labute approximate surface area is 148 Å². The number of nitrogens with zero attached hydrogens (tertiary/aromatic N) is 3. The van der Waals surface area contributed by atoms with Crippen LogP contribution in [-0.4, -0.2) is 65.6 Å². The van der Waals surface area contributed by atoms with Gasteiger partial charge in [-0.05, 0) is 12.8 Å². The number of likely N-dealkylation sites (tertiary alicyclic amines) is 1. The molecule has 0 bridgehead atoms. The van der Waals surface area contributed by atoms with Crippen LogP contribution in [0.3, 0.4) is 0 Å². The van der Waals surface area contributed by atoms with E-state index in [1.54, 1.807) is 0 Å². The Morgan fingerprint density at radius 2 is 2.20 bits per heavy atom. The number of aromatic nitrogens is 2. The quantitative estimate of drug-likeness (QED) is 0.794. The number of hydrogen-bond acceptors (Lipinski definition) is 9. The zero-order valence-electron chi connectivity index (χ0n) is 13.7. The molecule has 3 saturated heterocycles. The molecule has 3 aliphatic rings. The predicted molar refractivity (Wildman–Crippen MR) is 87.3 cm³/mol. The first-order chi connectivity index (χ1) is 12.1. The summed E-state index contributed by atoms with van der Waals surface area (Å²) in [4.78, 5) is 25.4. The predicted octanol–water partition coefficient (Wildman–Crippen LogP) is 1.33. The minimum Gasteiger partial charge on any atom is -0.430 e. The first-order valence-corrected chi connectivity index (χ1v) is 9.27. The van der Waals surface area contributed by atoms with Crippen LogP contribution < -0.4 is 5.32 Å². The molecule has 0 radical (unpaired) electrons. The first-order valence-electron chi connectivity index (χ1n) is 8.45. The van der Waals surface area contributed by atoms with Crippen molar-refractivity contribution >= 4 is 28.5 Å². The van der Waals surface area contributed by atoms with Gasteiger partial charge in [-0.2, -0.15) is 0 Å². The molecule has 10 heteroatoms. The molecule has 1 aromatic rings. The molecule has 0 aromatic carbocycles. The van der Waals surface area contributed by atoms with Crippen LogP contribution in [-0.2, 0) is 19.0 Å². The van der Waals surface area contributed by atoms with E-state index in [0.717, 1.165) is 24.5 Å². The number of rotatable bonds is 4. The summed E-state index contributed by atoms with van der Waals surface area (Å²) in [6.07, 6.45) is 2.75. The van der Waals surface area contributed by atoms with Gasteiger partial charge in [0.05, 0.1) is 6.54 Å². The van der Waals surface area contributed by atoms with Gasteiger partial charge in [-0.3, -0.25) is 15.0 Å². The molecule has 4 rings (SSSR count). The highest BCUT2D eigenvalue weighted by atomic mass is 32.1. The SMILES string of the molecule is O=C(CN1CCC2(CC1)COC(=O)O2)Nc1nnc(C2CCCO2)s1. The van der Waals surface area contributed by atoms with E-state index in [1.165, 1.54) is 11.3 Å². The van der Waals surface area contributed by atoms with E-state index >= 15 is 0 Å². The van der Waals surface area contributed by atoms with Crippen molar-refractivity contribution in [3.05, 3.63) is 5.01 Å². The van der Waals surface area contributed by atoms with Gasteiger partial charge in [-0.25, -0.2) is 4.79 Å². The van der Waals surface area contributed by atoms with E-state index in [4.69, 9.17) is 14.2 Å². The van der Waals surface area contributed by atoms with Crippen molar-refractivity contribution in [2.45, 2.75) is 37.4 Å². The fourth-order valence-corrected chi connectivity index (χ4v) is 4.18. The highest BCUT2D eigenvalue weighted by Gasteiger charge is 2.44. The fraction of sp³-hybridized carbons (Fsp3) is 0.733.